The fourth-order valence-corrected chi connectivity index (χ4v) is 2.17. The quantitative estimate of drug-likeness (QED) is 0.577. The average Bonchev–Trinajstić information content (AvgIpc) is 2.84. The van der Waals surface area contributed by atoms with Crippen LogP contribution in [0.1, 0.15) is 39.5 Å². The van der Waals surface area contributed by atoms with E-state index in [4.69, 9.17) is 4.74 Å². The maximum Gasteiger partial charge on any atom is 0.0544 e. The van der Waals surface area contributed by atoms with Crippen LogP contribution in [0, 0.1) is 0 Å². The minimum absolute atomic E-state index is 0.421. The molecule has 1 fully saturated rings. The van der Waals surface area contributed by atoms with Crippen LogP contribution in [-0.4, -0.2) is 62.3 Å². The number of ether oxygens (including phenoxy) is 1. The monoisotopic (exact) mass is 242 g/mol. The first-order valence-corrected chi connectivity index (χ1v) is 7.25. The molecule has 0 radical (unpaired) electrons. The summed E-state index contributed by atoms with van der Waals surface area (Å²) in [7, 11) is 2.22. The zero-order valence-corrected chi connectivity index (χ0v) is 12.0. The lowest BCUT2D eigenvalue weighted by Gasteiger charge is -2.21. The van der Waals surface area contributed by atoms with Gasteiger partial charge in [0.05, 0.1) is 6.10 Å². The van der Waals surface area contributed by atoms with Crippen LogP contribution in [-0.2, 0) is 4.74 Å². The van der Waals surface area contributed by atoms with Crippen molar-refractivity contribution in [2.75, 3.05) is 46.4 Å². The lowest BCUT2D eigenvalue weighted by atomic mass is 10.3. The fraction of sp³-hybridized carbons (Fsp3) is 1.00. The molecule has 0 aromatic heterocycles. The third kappa shape index (κ3) is 7.02. The van der Waals surface area contributed by atoms with Gasteiger partial charge in [-0.25, -0.2) is 0 Å². The first kappa shape index (κ1) is 14.9. The summed E-state index contributed by atoms with van der Waals surface area (Å²) >= 11 is 0. The molecule has 1 unspecified atom stereocenters. The molecule has 0 aromatic rings. The second kappa shape index (κ2) is 8.90. The van der Waals surface area contributed by atoms with Gasteiger partial charge in [0.15, 0.2) is 0 Å². The summed E-state index contributed by atoms with van der Waals surface area (Å²) < 4.78 is 5.68. The summed E-state index contributed by atoms with van der Waals surface area (Å²) in [5, 5.41) is 0. The number of nitrogens with zero attached hydrogens (tertiary/aromatic N) is 2. The third-order valence-electron chi connectivity index (χ3n) is 3.66. The SMILES string of the molecule is CCC(C)OCCCN(C)CCN1CCCC1. The maximum absolute atomic E-state index is 5.68. The van der Waals surface area contributed by atoms with Gasteiger partial charge in [0.1, 0.15) is 0 Å². The van der Waals surface area contributed by atoms with Crippen molar-refractivity contribution in [3.8, 4) is 0 Å². The molecular weight excluding hydrogens is 212 g/mol. The molecule has 17 heavy (non-hydrogen) atoms. The molecule has 0 bridgehead atoms. The highest BCUT2D eigenvalue weighted by Crippen LogP contribution is 2.06. The largest absolute Gasteiger partial charge is 0.378 e. The van der Waals surface area contributed by atoms with E-state index in [1.165, 1.54) is 39.0 Å². The Labute approximate surface area is 107 Å². The fourth-order valence-electron chi connectivity index (χ4n) is 2.17. The van der Waals surface area contributed by atoms with Crippen molar-refractivity contribution in [3.63, 3.8) is 0 Å². The van der Waals surface area contributed by atoms with E-state index < -0.39 is 0 Å². The Balaban J connectivity index is 1.91. The summed E-state index contributed by atoms with van der Waals surface area (Å²) in [4.78, 5) is 5.00. The molecule has 0 saturated carbocycles. The summed E-state index contributed by atoms with van der Waals surface area (Å²) in [6.07, 6.45) is 5.48. The number of rotatable bonds is 9. The summed E-state index contributed by atoms with van der Waals surface area (Å²) in [5.74, 6) is 0. The minimum Gasteiger partial charge on any atom is -0.378 e. The molecule has 102 valence electrons. The summed E-state index contributed by atoms with van der Waals surface area (Å²) in [6.45, 7) is 11.4. The Morgan fingerprint density at radius 1 is 1.24 bits per heavy atom. The normalized spacial score (nSPS) is 19.1. The van der Waals surface area contributed by atoms with Crippen molar-refractivity contribution in [2.24, 2.45) is 0 Å². The molecule has 0 aliphatic carbocycles. The highest BCUT2D eigenvalue weighted by atomic mass is 16.5. The number of hydrogen-bond acceptors (Lipinski definition) is 3. The first-order chi connectivity index (χ1) is 8.22. The van der Waals surface area contributed by atoms with Crippen LogP contribution in [0.25, 0.3) is 0 Å². The van der Waals surface area contributed by atoms with Crippen molar-refractivity contribution in [1.82, 2.24) is 9.80 Å². The van der Waals surface area contributed by atoms with E-state index in [0.717, 1.165) is 26.0 Å². The Morgan fingerprint density at radius 3 is 2.59 bits per heavy atom. The molecule has 1 saturated heterocycles. The molecule has 3 nitrogen and oxygen atoms in total. The third-order valence-corrected chi connectivity index (χ3v) is 3.66. The van der Waals surface area contributed by atoms with E-state index in [1.807, 2.05) is 0 Å². The van der Waals surface area contributed by atoms with Crippen LogP contribution in [0.5, 0.6) is 0 Å². The lowest BCUT2D eigenvalue weighted by molar-refractivity contribution is 0.0574. The lowest BCUT2D eigenvalue weighted by Crippen LogP contribution is -2.32. The van der Waals surface area contributed by atoms with Crippen molar-refractivity contribution in [3.05, 3.63) is 0 Å². The predicted octanol–water partition coefficient (Wildman–Crippen LogP) is 2.22. The second-order valence-electron chi connectivity index (χ2n) is 5.30. The summed E-state index contributed by atoms with van der Waals surface area (Å²) in [6, 6.07) is 0. The van der Waals surface area contributed by atoms with Crippen molar-refractivity contribution >= 4 is 0 Å². The zero-order chi connectivity index (χ0) is 12.5. The van der Waals surface area contributed by atoms with Gasteiger partial charge in [-0.1, -0.05) is 6.92 Å². The average molecular weight is 242 g/mol. The van der Waals surface area contributed by atoms with Gasteiger partial charge in [0, 0.05) is 26.2 Å². The van der Waals surface area contributed by atoms with Crippen LogP contribution in [0.4, 0.5) is 0 Å². The number of likely N-dealkylation sites (tertiary alicyclic amines) is 1. The van der Waals surface area contributed by atoms with Gasteiger partial charge >= 0.3 is 0 Å². The van der Waals surface area contributed by atoms with E-state index in [9.17, 15) is 0 Å². The maximum atomic E-state index is 5.68. The Hall–Kier alpha value is -0.120. The molecule has 0 N–H and O–H groups in total. The Bertz CT molecular complexity index is 181. The highest BCUT2D eigenvalue weighted by Gasteiger charge is 2.11. The number of hydrogen-bond donors (Lipinski definition) is 0. The summed E-state index contributed by atoms with van der Waals surface area (Å²) in [5.41, 5.74) is 0. The van der Waals surface area contributed by atoms with E-state index in [0.29, 0.717) is 6.10 Å². The molecule has 0 amide bonds. The molecule has 0 spiro atoms. The van der Waals surface area contributed by atoms with Crippen molar-refractivity contribution < 1.29 is 4.74 Å². The first-order valence-electron chi connectivity index (χ1n) is 7.25. The molecule has 1 aliphatic rings. The molecule has 1 rings (SSSR count). The van der Waals surface area contributed by atoms with Crippen LogP contribution >= 0.6 is 0 Å². The van der Waals surface area contributed by atoms with Crippen molar-refractivity contribution in [1.29, 1.82) is 0 Å². The standard InChI is InChI=1S/C14H30N2O/c1-4-14(2)17-13-7-8-15(3)11-12-16-9-5-6-10-16/h14H,4-13H2,1-3H3. The Kier molecular flexibility index (Phi) is 7.82. The van der Waals surface area contributed by atoms with Gasteiger partial charge in [-0.05, 0) is 52.7 Å². The molecule has 0 aromatic carbocycles. The van der Waals surface area contributed by atoms with Gasteiger partial charge in [-0.2, -0.15) is 0 Å². The number of likely N-dealkylation sites (N-methyl/N-ethyl adjacent to an activating group) is 1. The zero-order valence-electron chi connectivity index (χ0n) is 12.0. The van der Waals surface area contributed by atoms with E-state index in [-0.39, 0.29) is 0 Å². The van der Waals surface area contributed by atoms with Gasteiger partial charge in [0.2, 0.25) is 0 Å². The van der Waals surface area contributed by atoms with E-state index in [1.54, 1.807) is 0 Å². The molecule has 1 heterocycles. The topological polar surface area (TPSA) is 15.7 Å². The Morgan fingerprint density at radius 2 is 1.94 bits per heavy atom. The smallest absolute Gasteiger partial charge is 0.0544 e. The van der Waals surface area contributed by atoms with Gasteiger partial charge in [-0.15, -0.1) is 0 Å². The van der Waals surface area contributed by atoms with Gasteiger partial charge < -0.3 is 14.5 Å². The van der Waals surface area contributed by atoms with Crippen LogP contribution in [0.2, 0.25) is 0 Å². The van der Waals surface area contributed by atoms with Crippen LogP contribution in [0.15, 0.2) is 0 Å². The van der Waals surface area contributed by atoms with Crippen LogP contribution < -0.4 is 0 Å². The molecule has 1 atom stereocenters. The molecule has 3 heteroatoms. The van der Waals surface area contributed by atoms with Gasteiger partial charge in [0.25, 0.3) is 0 Å². The van der Waals surface area contributed by atoms with E-state index >= 15 is 0 Å². The second-order valence-corrected chi connectivity index (χ2v) is 5.30. The molecular formula is C14H30N2O. The van der Waals surface area contributed by atoms with E-state index in [2.05, 4.69) is 30.7 Å². The van der Waals surface area contributed by atoms with Gasteiger partial charge in [-0.3, -0.25) is 0 Å². The highest BCUT2D eigenvalue weighted by molar-refractivity contribution is 4.67. The van der Waals surface area contributed by atoms with Crippen molar-refractivity contribution in [2.45, 2.75) is 45.6 Å². The molecule has 1 aliphatic heterocycles. The predicted molar refractivity (Wildman–Crippen MR) is 73.5 cm³/mol. The van der Waals surface area contributed by atoms with Crippen LogP contribution in [0.3, 0.4) is 0 Å². The minimum atomic E-state index is 0.421.